The van der Waals surface area contributed by atoms with Crippen molar-refractivity contribution in [1.29, 1.82) is 0 Å². The van der Waals surface area contributed by atoms with Crippen molar-refractivity contribution in [2.75, 3.05) is 10.7 Å². The van der Waals surface area contributed by atoms with Gasteiger partial charge in [0.2, 0.25) is 0 Å². The number of benzene rings is 1. The Bertz CT molecular complexity index is 694. The molecule has 0 saturated carbocycles. The van der Waals surface area contributed by atoms with Gasteiger partial charge in [0.15, 0.2) is 5.69 Å². The van der Waals surface area contributed by atoms with Crippen LogP contribution in [-0.2, 0) is 4.79 Å². The molecule has 0 aliphatic carbocycles. The first-order valence-corrected chi connectivity index (χ1v) is 5.76. The van der Waals surface area contributed by atoms with Crippen LogP contribution in [-0.4, -0.2) is 27.9 Å². The van der Waals surface area contributed by atoms with Crippen molar-refractivity contribution in [3.05, 3.63) is 48.0 Å². The minimum absolute atomic E-state index is 0.230. The lowest BCUT2D eigenvalue weighted by Crippen LogP contribution is -2.35. The van der Waals surface area contributed by atoms with Crippen LogP contribution in [0.2, 0.25) is 0 Å². The van der Waals surface area contributed by atoms with Gasteiger partial charge in [-0.3, -0.25) is 9.59 Å². The van der Waals surface area contributed by atoms with Crippen molar-refractivity contribution in [2.45, 2.75) is 6.18 Å². The molecule has 0 radical (unpaired) electrons. The molecule has 10 heteroatoms. The second kappa shape index (κ2) is 5.84. The number of nitrogens with one attached hydrogen (secondary N) is 2. The second-order valence-electron chi connectivity index (χ2n) is 4.05. The van der Waals surface area contributed by atoms with Crippen LogP contribution in [0.25, 0.3) is 0 Å². The number of amides is 2. The van der Waals surface area contributed by atoms with Crippen molar-refractivity contribution in [3.63, 3.8) is 0 Å². The van der Waals surface area contributed by atoms with Gasteiger partial charge in [0, 0.05) is 11.9 Å². The average molecular weight is 316 g/mol. The molecule has 0 fully saturated rings. The fourth-order valence-corrected chi connectivity index (χ4v) is 1.40. The molecule has 0 aliphatic rings. The Morgan fingerprint density at radius 3 is 2.32 bits per heavy atom. The Balaban J connectivity index is 2.03. The quantitative estimate of drug-likeness (QED) is 0.849. The Morgan fingerprint density at radius 2 is 1.73 bits per heavy atom. The van der Waals surface area contributed by atoms with Crippen molar-refractivity contribution < 1.29 is 27.2 Å². The van der Waals surface area contributed by atoms with Crippen molar-refractivity contribution in [1.82, 2.24) is 9.89 Å². The molecule has 0 atom stereocenters. The molecule has 1 heterocycles. The van der Waals surface area contributed by atoms with Gasteiger partial charge in [-0.2, -0.15) is 18.0 Å². The molecule has 0 bridgehead atoms. The van der Waals surface area contributed by atoms with Gasteiger partial charge in [0.05, 0.1) is 0 Å². The molecule has 0 unspecified atom stereocenters. The van der Waals surface area contributed by atoms with Gasteiger partial charge in [-0.15, -0.1) is 5.10 Å². The normalized spacial score (nSPS) is 11.1. The summed E-state index contributed by atoms with van der Waals surface area (Å²) in [4.78, 5) is 23.0. The van der Waals surface area contributed by atoms with E-state index in [1.165, 1.54) is 17.6 Å². The van der Waals surface area contributed by atoms with Crippen molar-refractivity contribution in [3.8, 4) is 0 Å². The maximum atomic E-state index is 12.7. The highest BCUT2D eigenvalue weighted by Gasteiger charge is 2.39. The Hall–Kier alpha value is -2.91. The highest BCUT2D eigenvalue weighted by Crippen LogP contribution is 2.14. The van der Waals surface area contributed by atoms with E-state index in [0.717, 1.165) is 24.4 Å². The average Bonchev–Trinajstić information content (AvgIpc) is 2.89. The zero-order valence-corrected chi connectivity index (χ0v) is 10.7. The molecule has 0 aliphatic heterocycles. The summed E-state index contributed by atoms with van der Waals surface area (Å²) in [6.07, 6.45) is -4.09. The van der Waals surface area contributed by atoms with E-state index < -0.39 is 23.8 Å². The number of rotatable bonds is 3. The molecule has 1 aromatic heterocycles. The van der Waals surface area contributed by atoms with Crippen molar-refractivity contribution in [2.24, 2.45) is 0 Å². The number of aromatic nitrogens is 2. The highest BCUT2D eigenvalue weighted by molar-refractivity contribution is 6.02. The lowest BCUT2D eigenvalue weighted by molar-refractivity contribution is -0.168. The number of halogens is 4. The van der Waals surface area contributed by atoms with E-state index in [4.69, 9.17) is 0 Å². The molecule has 0 spiro atoms. The summed E-state index contributed by atoms with van der Waals surface area (Å²) in [5, 5.41) is 5.84. The number of hydrogen-bond donors (Lipinski definition) is 2. The number of anilines is 1. The third kappa shape index (κ3) is 3.81. The summed E-state index contributed by atoms with van der Waals surface area (Å²) < 4.78 is 48.9. The minimum atomic E-state index is -5.07. The Morgan fingerprint density at radius 1 is 1.09 bits per heavy atom. The zero-order valence-electron chi connectivity index (χ0n) is 10.7. The largest absolute Gasteiger partial charge is 0.473 e. The van der Waals surface area contributed by atoms with Crippen molar-refractivity contribution >= 4 is 17.5 Å². The van der Waals surface area contributed by atoms with E-state index in [-0.39, 0.29) is 11.4 Å². The molecular weight excluding hydrogens is 308 g/mol. The van der Waals surface area contributed by atoms with Crippen LogP contribution >= 0.6 is 0 Å². The van der Waals surface area contributed by atoms with Gasteiger partial charge >= 0.3 is 12.1 Å². The number of alkyl halides is 3. The molecule has 116 valence electrons. The topological polar surface area (TPSA) is 76.0 Å². The molecule has 2 N–H and O–H groups in total. The number of carbonyl (C=O) groups excluding carboxylic acids is 2. The van der Waals surface area contributed by atoms with Crippen LogP contribution in [0.5, 0.6) is 0 Å². The van der Waals surface area contributed by atoms with Crippen LogP contribution in [0.1, 0.15) is 10.5 Å². The SMILES string of the molecule is O=C(Nc1ccc(F)cc1)c1ccn(NC(=O)C(F)(F)F)n1. The minimum Gasteiger partial charge on any atom is -0.321 e. The maximum absolute atomic E-state index is 12.7. The van der Waals surface area contributed by atoms with Crippen LogP contribution < -0.4 is 10.7 Å². The number of hydrogen-bond acceptors (Lipinski definition) is 3. The second-order valence-corrected chi connectivity index (χ2v) is 4.05. The van der Waals surface area contributed by atoms with Gasteiger partial charge in [-0.25, -0.2) is 9.82 Å². The standard InChI is InChI=1S/C12H8F4N4O2/c13-7-1-3-8(4-2-7)17-10(21)9-5-6-20(18-9)19-11(22)12(14,15)16/h1-6H,(H,17,21)(H,19,22). The lowest BCUT2D eigenvalue weighted by Gasteiger charge is -2.07. The monoisotopic (exact) mass is 316 g/mol. The predicted octanol–water partition coefficient (Wildman–Crippen LogP) is 1.91. The third-order valence-electron chi connectivity index (χ3n) is 2.40. The third-order valence-corrected chi connectivity index (χ3v) is 2.40. The fraction of sp³-hybridized carbons (Fsp3) is 0.0833. The summed E-state index contributed by atoms with van der Waals surface area (Å²) in [5.41, 5.74) is 1.49. The van der Waals surface area contributed by atoms with E-state index in [1.807, 2.05) is 0 Å². The Kier molecular flexibility index (Phi) is 4.11. The van der Waals surface area contributed by atoms with E-state index in [0.29, 0.717) is 4.79 Å². The summed E-state index contributed by atoms with van der Waals surface area (Å²) in [7, 11) is 0. The summed E-state index contributed by atoms with van der Waals surface area (Å²) >= 11 is 0. The van der Waals surface area contributed by atoms with Gasteiger partial charge in [-0.05, 0) is 30.3 Å². The number of carbonyl (C=O) groups is 2. The van der Waals surface area contributed by atoms with Gasteiger partial charge in [0.25, 0.3) is 5.91 Å². The molecule has 22 heavy (non-hydrogen) atoms. The van der Waals surface area contributed by atoms with Gasteiger partial charge in [-0.1, -0.05) is 0 Å². The van der Waals surface area contributed by atoms with Crippen LogP contribution in [0.3, 0.4) is 0 Å². The molecule has 2 amide bonds. The fourth-order valence-electron chi connectivity index (χ4n) is 1.40. The molecule has 6 nitrogen and oxygen atoms in total. The number of nitrogens with zero attached hydrogens (tertiary/aromatic N) is 2. The van der Waals surface area contributed by atoms with Crippen LogP contribution in [0, 0.1) is 5.82 Å². The molecule has 1 aromatic carbocycles. The molecule has 0 saturated heterocycles. The first-order chi connectivity index (χ1) is 10.3. The first-order valence-electron chi connectivity index (χ1n) is 5.76. The van der Waals surface area contributed by atoms with Gasteiger partial charge < -0.3 is 5.32 Å². The summed E-state index contributed by atoms with van der Waals surface area (Å²) in [6, 6.07) is 5.95. The maximum Gasteiger partial charge on any atom is 0.473 e. The van der Waals surface area contributed by atoms with Crippen LogP contribution in [0.15, 0.2) is 36.5 Å². The highest BCUT2D eigenvalue weighted by atomic mass is 19.4. The smallest absolute Gasteiger partial charge is 0.321 e. The molecular formula is C12H8F4N4O2. The van der Waals surface area contributed by atoms with E-state index >= 15 is 0 Å². The molecule has 2 aromatic rings. The lowest BCUT2D eigenvalue weighted by atomic mass is 10.3. The van der Waals surface area contributed by atoms with E-state index in [9.17, 15) is 27.2 Å². The summed E-state index contributed by atoms with van der Waals surface area (Å²) in [6.45, 7) is 0. The van der Waals surface area contributed by atoms with Gasteiger partial charge in [0.1, 0.15) is 5.82 Å². The predicted molar refractivity (Wildman–Crippen MR) is 67.0 cm³/mol. The van der Waals surface area contributed by atoms with E-state index in [2.05, 4.69) is 10.4 Å². The summed E-state index contributed by atoms with van der Waals surface area (Å²) in [5.74, 6) is -3.44. The molecule has 2 rings (SSSR count). The first kappa shape index (κ1) is 15.5. The van der Waals surface area contributed by atoms with Crippen LogP contribution in [0.4, 0.5) is 23.2 Å². The van der Waals surface area contributed by atoms with E-state index in [1.54, 1.807) is 0 Å². The zero-order chi connectivity index (χ0) is 16.3. The Labute approximate surface area is 120 Å².